The quantitative estimate of drug-likeness (QED) is 0.410. The Morgan fingerprint density at radius 1 is 1.03 bits per heavy atom. The van der Waals surface area contributed by atoms with Crippen molar-refractivity contribution in [2.75, 3.05) is 13.7 Å². The van der Waals surface area contributed by atoms with Crippen LogP contribution in [0.15, 0.2) is 42.5 Å². The van der Waals surface area contributed by atoms with Gasteiger partial charge in [-0.25, -0.2) is 0 Å². The molecule has 0 amide bonds. The fourth-order valence-electron chi connectivity index (χ4n) is 3.94. The van der Waals surface area contributed by atoms with E-state index in [1.54, 1.807) is 18.2 Å². The number of benzene rings is 2. The zero-order valence-electron chi connectivity index (χ0n) is 21.2. The van der Waals surface area contributed by atoms with Crippen LogP contribution in [0.25, 0.3) is 0 Å². The monoisotopic (exact) mass is 524 g/mol. The molecule has 3 rings (SSSR count). The lowest BCUT2D eigenvalue weighted by atomic mass is 9.87. The lowest BCUT2D eigenvalue weighted by Crippen LogP contribution is -2.64. The van der Waals surface area contributed by atoms with Crippen LogP contribution in [0.3, 0.4) is 0 Å². The lowest BCUT2D eigenvalue weighted by molar-refractivity contribution is -0.366. The molecule has 0 bridgehead atoms. The van der Waals surface area contributed by atoms with E-state index in [9.17, 15) is 20.4 Å². The second-order valence-electron chi connectivity index (χ2n) is 10.6. The van der Waals surface area contributed by atoms with E-state index in [1.807, 2.05) is 24.3 Å². The van der Waals surface area contributed by atoms with Gasteiger partial charge in [-0.1, -0.05) is 50.6 Å². The molecular formula is C26H37ClO7Si. The van der Waals surface area contributed by atoms with Crippen LogP contribution >= 0.6 is 11.6 Å². The summed E-state index contributed by atoms with van der Waals surface area (Å²) in [7, 11) is -0.609. The van der Waals surface area contributed by atoms with Gasteiger partial charge in [0.2, 0.25) is 14.1 Å². The van der Waals surface area contributed by atoms with Gasteiger partial charge >= 0.3 is 0 Å². The number of ether oxygens (including phenoxy) is 2. The molecular weight excluding hydrogens is 488 g/mol. The van der Waals surface area contributed by atoms with Crippen LogP contribution in [0, 0.1) is 0 Å². The highest BCUT2D eigenvalue weighted by Crippen LogP contribution is 2.41. The molecule has 1 aliphatic rings. The minimum absolute atomic E-state index is 0.0986. The Morgan fingerprint density at radius 2 is 1.66 bits per heavy atom. The molecule has 0 aromatic heterocycles. The molecule has 1 aliphatic heterocycles. The van der Waals surface area contributed by atoms with Crippen molar-refractivity contribution >= 4 is 19.9 Å². The molecule has 1 saturated heterocycles. The largest absolute Gasteiger partial charge is 0.544 e. The van der Waals surface area contributed by atoms with Gasteiger partial charge < -0.3 is 34.3 Å². The topological polar surface area (TPSA) is 109 Å². The smallest absolute Gasteiger partial charge is 0.250 e. The molecule has 35 heavy (non-hydrogen) atoms. The first-order valence-corrected chi connectivity index (χ1v) is 15.0. The lowest BCUT2D eigenvalue weighted by Gasteiger charge is -2.47. The normalized spacial score (nSPS) is 27.6. The van der Waals surface area contributed by atoms with Gasteiger partial charge in [0.25, 0.3) is 0 Å². The van der Waals surface area contributed by atoms with Crippen LogP contribution in [0.2, 0.25) is 23.2 Å². The number of aliphatic hydroxyl groups is 4. The van der Waals surface area contributed by atoms with Crippen LogP contribution < -0.4 is 4.43 Å². The zero-order chi connectivity index (χ0) is 26.2. The van der Waals surface area contributed by atoms with Gasteiger partial charge in [-0.2, -0.15) is 0 Å². The van der Waals surface area contributed by atoms with Gasteiger partial charge in [0.05, 0.1) is 6.61 Å². The maximum Gasteiger partial charge on any atom is 0.250 e. The highest BCUT2D eigenvalue weighted by Gasteiger charge is 2.55. The number of halogens is 1. The SMILES string of the molecule is CO[C@@]1(c2ccc(Cl)c(Cc3ccc(O[Si](C)(C)C(C)(C)C)cc3)c2)O[C@H](CO)[C@@H](O)[C@H](O)[C@H]1O. The summed E-state index contributed by atoms with van der Waals surface area (Å²) in [5.41, 5.74) is 2.18. The first-order chi connectivity index (χ1) is 16.3. The maximum atomic E-state index is 10.8. The molecule has 2 aromatic carbocycles. The fourth-order valence-corrected chi connectivity index (χ4v) is 5.15. The van der Waals surface area contributed by atoms with Crippen molar-refractivity contribution in [1.82, 2.24) is 0 Å². The van der Waals surface area contributed by atoms with Crippen molar-refractivity contribution in [3.8, 4) is 5.75 Å². The average Bonchev–Trinajstić information content (AvgIpc) is 2.80. The highest BCUT2D eigenvalue weighted by atomic mass is 35.5. The zero-order valence-corrected chi connectivity index (χ0v) is 22.9. The minimum Gasteiger partial charge on any atom is -0.544 e. The molecule has 7 nitrogen and oxygen atoms in total. The van der Waals surface area contributed by atoms with Crippen LogP contribution in [-0.2, 0) is 21.7 Å². The van der Waals surface area contributed by atoms with E-state index in [0.717, 1.165) is 16.9 Å². The van der Waals surface area contributed by atoms with Crippen LogP contribution in [0.5, 0.6) is 5.75 Å². The molecule has 5 atom stereocenters. The molecule has 0 radical (unpaired) electrons. The summed E-state index contributed by atoms with van der Waals surface area (Å²) in [6.07, 6.45) is -5.27. The van der Waals surface area contributed by atoms with Gasteiger partial charge in [0.1, 0.15) is 30.2 Å². The summed E-state index contributed by atoms with van der Waals surface area (Å²) in [4.78, 5) is 0. The molecule has 0 spiro atoms. The van der Waals surface area contributed by atoms with E-state index in [2.05, 4.69) is 33.9 Å². The Balaban J connectivity index is 1.87. The van der Waals surface area contributed by atoms with E-state index in [-0.39, 0.29) is 5.04 Å². The molecule has 4 N–H and O–H groups in total. The highest BCUT2D eigenvalue weighted by molar-refractivity contribution is 6.74. The third-order valence-electron chi connectivity index (χ3n) is 7.20. The van der Waals surface area contributed by atoms with Crippen molar-refractivity contribution < 1.29 is 34.3 Å². The molecule has 0 aliphatic carbocycles. The third-order valence-corrected chi connectivity index (χ3v) is 11.9. The summed E-state index contributed by atoms with van der Waals surface area (Å²) in [6.45, 7) is 10.5. The summed E-state index contributed by atoms with van der Waals surface area (Å²) < 4.78 is 17.7. The minimum atomic E-state index is -1.94. The van der Waals surface area contributed by atoms with Gasteiger partial charge in [0, 0.05) is 17.7 Å². The standard InChI is InChI=1S/C26H37ClO7Si/c1-25(2,3)35(5,6)34-19-10-7-16(8-11-19)13-17-14-18(9-12-20(17)27)26(32-4)24(31)23(30)22(29)21(15-28)33-26/h7-12,14,21-24,28-31H,13,15H2,1-6H3/t21-,22-,23+,24-,26+/m1/s1. The van der Waals surface area contributed by atoms with Crippen molar-refractivity contribution in [2.24, 2.45) is 0 Å². The van der Waals surface area contributed by atoms with E-state index < -0.39 is 45.1 Å². The van der Waals surface area contributed by atoms with E-state index in [1.165, 1.54) is 7.11 Å². The van der Waals surface area contributed by atoms with Gasteiger partial charge in [-0.15, -0.1) is 0 Å². The van der Waals surface area contributed by atoms with Crippen molar-refractivity contribution in [3.05, 3.63) is 64.2 Å². The Hall–Kier alpha value is -1.49. The van der Waals surface area contributed by atoms with E-state index in [0.29, 0.717) is 17.0 Å². The number of hydrogen-bond donors (Lipinski definition) is 4. The molecule has 1 fully saturated rings. The summed E-state index contributed by atoms with van der Waals surface area (Å²) in [5, 5.41) is 41.5. The maximum absolute atomic E-state index is 10.8. The number of rotatable bonds is 7. The fraction of sp³-hybridized carbons (Fsp3) is 0.538. The first-order valence-electron chi connectivity index (χ1n) is 11.7. The van der Waals surface area contributed by atoms with Crippen molar-refractivity contribution in [3.63, 3.8) is 0 Å². The Labute approximate surface area is 213 Å². The summed E-state index contributed by atoms with van der Waals surface area (Å²) in [6, 6.07) is 12.9. The Kier molecular flexibility index (Phi) is 8.40. The third kappa shape index (κ3) is 5.60. The predicted molar refractivity (Wildman–Crippen MR) is 137 cm³/mol. The number of hydrogen-bond acceptors (Lipinski definition) is 7. The van der Waals surface area contributed by atoms with Crippen molar-refractivity contribution in [2.45, 2.75) is 75.5 Å². The second-order valence-corrected chi connectivity index (χ2v) is 15.8. The average molecular weight is 525 g/mol. The second kappa shape index (κ2) is 10.5. The van der Waals surface area contributed by atoms with E-state index >= 15 is 0 Å². The molecule has 1 heterocycles. The molecule has 194 valence electrons. The summed E-state index contributed by atoms with van der Waals surface area (Å²) >= 11 is 6.49. The van der Waals surface area contributed by atoms with Gasteiger partial charge in [0.15, 0.2) is 0 Å². The predicted octanol–water partition coefficient (Wildman–Crippen LogP) is 3.59. The van der Waals surface area contributed by atoms with Gasteiger partial charge in [-0.05, 0) is 59.9 Å². The van der Waals surface area contributed by atoms with Crippen LogP contribution in [-0.4, -0.2) is 66.9 Å². The summed E-state index contributed by atoms with van der Waals surface area (Å²) in [5.74, 6) is -0.952. The van der Waals surface area contributed by atoms with Crippen molar-refractivity contribution in [1.29, 1.82) is 0 Å². The van der Waals surface area contributed by atoms with Crippen LogP contribution in [0.1, 0.15) is 37.5 Å². The Bertz CT molecular complexity index is 1010. The molecule has 2 aromatic rings. The van der Waals surface area contributed by atoms with Crippen LogP contribution in [0.4, 0.5) is 0 Å². The molecule has 0 saturated carbocycles. The van der Waals surface area contributed by atoms with Gasteiger partial charge in [-0.3, -0.25) is 0 Å². The Morgan fingerprint density at radius 3 is 2.20 bits per heavy atom. The number of methoxy groups -OCH3 is 1. The number of aliphatic hydroxyl groups excluding tert-OH is 4. The molecule has 9 heteroatoms. The molecule has 0 unspecified atom stereocenters. The van der Waals surface area contributed by atoms with E-state index in [4.69, 9.17) is 25.5 Å². The first kappa shape index (κ1) is 28.1.